The van der Waals surface area contributed by atoms with Gasteiger partial charge in [0.05, 0.1) is 19.2 Å². The van der Waals surface area contributed by atoms with Crippen LogP contribution in [0.2, 0.25) is 0 Å². The topological polar surface area (TPSA) is 112 Å². The van der Waals surface area contributed by atoms with Crippen molar-refractivity contribution >= 4 is 11.9 Å². The lowest BCUT2D eigenvalue weighted by Gasteiger charge is -2.19. The van der Waals surface area contributed by atoms with Crippen molar-refractivity contribution < 1.29 is 29.7 Å². The molecular weight excluding hydrogens is 304 g/mol. The van der Waals surface area contributed by atoms with Crippen LogP contribution in [0.25, 0.3) is 0 Å². The Hall–Kier alpha value is -3.00. The fourth-order valence-corrected chi connectivity index (χ4v) is 2.03. The zero-order valence-electron chi connectivity index (χ0n) is 12.6. The lowest BCUT2D eigenvalue weighted by molar-refractivity contribution is -0.102. The summed E-state index contributed by atoms with van der Waals surface area (Å²) in [6.07, 6.45) is 1.28. The van der Waals surface area contributed by atoms with Crippen LogP contribution in [0.15, 0.2) is 30.5 Å². The number of aromatic nitrogens is 1. The van der Waals surface area contributed by atoms with Crippen LogP contribution < -0.4 is 0 Å². The highest BCUT2D eigenvalue weighted by Crippen LogP contribution is 2.31. The molecule has 3 N–H and O–H groups in total. The van der Waals surface area contributed by atoms with E-state index in [9.17, 15) is 19.8 Å². The molecule has 0 bridgehead atoms. The van der Waals surface area contributed by atoms with Gasteiger partial charge < -0.3 is 19.9 Å². The van der Waals surface area contributed by atoms with Crippen molar-refractivity contribution in [2.75, 3.05) is 7.11 Å². The summed E-state index contributed by atoms with van der Waals surface area (Å²) >= 11 is 0. The Morgan fingerprint density at radius 2 is 1.83 bits per heavy atom. The highest BCUT2D eigenvalue weighted by molar-refractivity contribution is 5.97. The van der Waals surface area contributed by atoms with E-state index >= 15 is 0 Å². The molecule has 1 amide bonds. The van der Waals surface area contributed by atoms with Crippen LogP contribution in [-0.2, 0) is 18.4 Å². The van der Waals surface area contributed by atoms with E-state index in [-0.39, 0.29) is 17.7 Å². The molecule has 0 saturated heterocycles. The van der Waals surface area contributed by atoms with Crippen molar-refractivity contribution in [2.24, 2.45) is 7.05 Å². The molecule has 2 aromatic rings. The molecule has 0 saturated carbocycles. The van der Waals surface area contributed by atoms with E-state index in [2.05, 4.69) is 0 Å². The van der Waals surface area contributed by atoms with Crippen molar-refractivity contribution in [1.82, 2.24) is 9.63 Å². The van der Waals surface area contributed by atoms with Crippen molar-refractivity contribution in [1.29, 1.82) is 0 Å². The van der Waals surface area contributed by atoms with Gasteiger partial charge in [0.15, 0.2) is 5.75 Å². The number of carbonyl (C=O) groups is 2. The lowest BCUT2D eigenvalue weighted by Crippen LogP contribution is -2.29. The number of aromatic hydroxyl groups is 2. The number of hydroxylamine groups is 2. The minimum Gasteiger partial charge on any atom is -0.503 e. The third kappa shape index (κ3) is 3.27. The van der Waals surface area contributed by atoms with Crippen LogP contribution in [0.5, 0.6) is 11.6 Å². The maximum Gasteiger partial charge on any atom is 0.335 e. The van der Waals surface area contributed by atoms with Gasteiger partial charge in [-0.3, -0.25) is 9.63 Å². The number of benzene rings is 1. The van der Waals surface area contributed by atoms with Crippen molar-refractivity contribution in [2.45, 2.75) is 6.54 Å². The summed E-state index contributed by atoms with van der Waals surface area (Å²) in [5, 5.41) is 29.2. The average Bonchev–Trinajstić information content (AvgIpc) is 2.80. The fraction of sp³-hybridized carbons (Fsp3) is 0.200. The largest absolute Gasteiger partial charge is 0.503 e. The van der Waals surface area contributed by atoms with E-state index in [1.807, 2.05) is 0 Å². The zero-order valence-corrected chi connectivity index (χ0v) is 12.6. The highest BCUT2D eigenvalue weighted by atomic mass is 16.7. The minimum absolute atomic E-state index is 0.0460. The van der Waals surface area contributed by atoms with Gasteiger partial charge in [-0.1, -0.05) is 12.1 Å². The second-order valence-corrected chi connectivity index (χ2v) is 4.85. The number of rotatable bonds is 5. The molecule has 0 atom stereocenters. The number of carboxylic acids is 1. The molecule has 1 aromatic heterocycles. The van der Waals surface area contributed by atoms with Gasteiger partial charge in [-0.25, -0.2) is 9.86 Å². The SMILES string of the molecule is CON(Cc1ccc(C(=O)O)cc1)C(=O)c1cn(C)c(O)c1O. The third-order valence-corrected chi connectivity index (χ3v) is 3.33. The summed E-state index contributed by atoms with van der Waals surface area (Å²) in [5.74, 6) is -2.62. The number of hydrogen-bond donors (Lipinski definition) is 3. The first-order valence-electron chi connectivity index (χ1n) is 6.60. The van der Waals surface area contributed by atoms with Crippen LogP contribution in [0.3, 0.4) is 0 Å². The number of amides is 1. The van der Waals surface area contributed by atoms with Gasteiger partial charge >= 0.3 is 5.97 Å². The maximum atomic E-state index is 12.4. The Kier molecular flexibility index (Phi) is 4.56. The molecule has 0 aliphatic heterocycles. The van der Waals surface area contributed by atoms with Gasteiger partial charge in [-0.2, -0.15) is 0 Å². The van der Waals surface area contributed by atoms with Gasteiger partial charge in [0.1, 0.15) is 5.56 Å². The van der Waals surface area contributed by atoms with Gasteiger partial charge in [0.2, 0.25) is 5.88 Å². The van der Waals surface area contributed by atoms with Gasteiger partial charge in [0.25, 0.3) is 5.91 Å². The normalized spacial score (nSPS) is 10.5. The summed E-state index contributed by atoms with van der Waals surface area (Å²) in [7, 11) is 2.77. The molecule has 0 aliphatic carbocycles. The van der Waals surface area contributed by atoms with Crippen molar-refractivity contribution in [3.8, 4) is 11.6 Å². The van der Waals surface area contributed by atoms with E-state index in [4.69, 9.17) is 9.94 Å². The number of nitrogens with zero attached hydrogens (tertiary/aromatic N) is 2. The third-order valence-electron chi connectivity index (χ3n) is 3.33. The van der Waals surface area contributed by atoms with E-state index in [1.165, 1.54) is 37.1 Å². The molecule has 0 fully saturated rings. The molecule has 8 heteroatoms. The van der Waals surface area contributed by atoms with Crippen molar-refractivity contribution in [3.05, 3.63) is 47.2 Å². The Labute approximate surface area is 131 Å². The zero-order chi connectivity index (χ0) is 17.1. The maximum absolute atomic E-state index is 12.4. The fourth-order valence-electron chi connectivity index (χ4n) is 2.03. The standard InChI is InChI=1S/C15H16N2O6/c1-16-8-11(12(18)14(16)20)13(19)17(23-2)7-9-3-5-10(6-4-9)15(21)22/h3-6,8,18,20H,7H2,1-2H3,(H,21,22). The number of carbonyl (C=O) groups excluding carboxylic acids is 1. The molecular formula is C15H16N2O6. The average molecular weight is 320 g/mol. The van der Waals surface area contributed by atoms with Gasteiger partial charge in [-0.05, 0) is 17.7 Å². The minimum atomic E-state index is -1.04. The quantitative estimate of drug-likeness (QED) is 0.717. The predicted octanol–water partition coefficient (Wildman–Crippen LogP) is 1.34. The number of carboxylic acid groups (broad SMARTS) is 1. The monoisotopic (exact) mass is 320 g/mol. The molecule has 0 aliphatic rings. The van der Waals surface area contributed by atoms with E-state index < -0.39 is 23.5 Å². The molecule has 23 heavy (non-hydrogen) atoms. The van der Waals surface area contributed by atoms with Crippen LogP contribution in [0.1, 0.15) is 26.3 Å². The lowest BCUT2D eigenvalue weighted by atomic mass is 10.1. The Balaban J connectivity index is 2.20. The smallest absolute Gasteiger partial charge is 0.335 e. The predicted molar refractivity (Wildman–Crippen MR) is 79.0 cm³/mol. The molecule has 2 rings (SSSR count). The number of hydrogen-bond acceptors (Lipinski definition) is 5. The molecule has 0 radical (unpaired) electrons. The summed E-state index contributed by atoms with van der Waals surface area (Å²) in [6, 6.07) is 5.96. The summed E-state index contributed by atoms with van der Waals surface area (Å²) < 4.78 is 1.21. The van der Waals surface area contributed by atoms with Gasteiger partial charge in [-0.15, -0.1) is 0 Å². The second kappa shape index (κ2) is 6.41. The van der Waals surface area contributed by atoms with Crippen LogP contribution >= 0.6 is 0 Å². The summed E-state index contributed by atoms with van der Waals surface area (Å²) in [6.45, 7) is 0.0460. The Morgan fingerprint density at radius 1 is 1.22 bits per heavy atom. The van der Waals surface area contributed by atoms with Crippen molar-refractivity contribution in [3.63, 3.8) is 0 Å². The van der Waals surface area contributed by atoms with E-state index in [1.54, 1.807) is 12.1 Å². The Morgan fingerprint density at radius 3 is 2.26 bits per heavy atom. The molecule has 1 aromatic carbocycles. The van der Waals surface area contributed by atoms with Crippen LogP contribution in [0.4, 0.5) is 0 Å². The molecule has 0 unspecified atom stereocenters. The Bertz CT molecular complexity index is 735. The first kappa shape index (κ1) is 16.4. The van der Waals surface area contributed by atoms with E-state index in [0.717, 1.165) is 5.06 Å². The molecule has 8 nitrogen and oxygen atoms in total. The van der Waals surface area contributed by atoms with Gasteiger partial charge in [0, 0.05) is 13.2 Å². The highest BCUT2D eigenvalue weighted by Gasteiger charge is 2.24. The van der Waals surface area contributed by atoms with Crippen LogP contribution in [0, 0.1) is 0 Å². The summed E-state index contributed by atoms with van der Waals surface area (Å²) in [5.41, 5.74) is 0.675. The summed E-state index contributed by atoms with van der Waals surface area (Å²) in [4.78, 5) is 28.2. The first-order chi connectivity index (χ1) is 10.8. The first-order valence-corrected chi connectivity index (χ1v) is 6.60. The van der Waals surface area contributed by atoms with Crippen LogP contribution in [-0.4, -0.2) is 43.9 Å². The molecule has 0 spiro atoms. The second-order valence-electron chi connectivity index (χ2n) is 4.85. The molecule has 122 valence electrons. The number of aromatic carboxylic acids is 1. The molecule has 1 heterocycles. The van der Waals surface area contributed by atoms with E-state index in [0.29, 0.717) is 5.56 Å². The number of aryl methyl sites for hydroxylation is 1.